The minimum absolute atomic E-state index is 0.0180. The van der Waals surface area contributed by atoms with E-state index in [1.54, 1.807) is 6.07 Å². The highest BCUT2D eigenvalue weighted by Crippen LogP contribution is 2.24. The van der Waals surface area contributed by atoms with Crippen LogP contribution in [0, 0.1) is 17.6 Å². The van der Waals surface area contributed by atoms with Crippen LogP contribution in [-0.4, -0.2) is 17.7 Å². The monoisotopic (exact) mass is 313 g/mol. The Hall–Kier alpha value is -1.10. The van der Waals surface area contributed by atoms with E-state index in [0.717, 1.165) is 25.3 Å². The quantitative estimate of drug-likeness (QED) is 0.893. The molecule has 0 spiro atoms. The maximum Gasteiger partial charge on any atom is 0.230 e. The molecule has 0 saturated heterocycles. The molecule has 1 N–H and O–H groups in total. The van der Waals surface area contributed by atoms with Crippen molar-refractivity contribution in [3.8, 4) is 0 Å². The minimum atomic E-state index is -0.839. The number of carbonyl (C=O) groups excluding carboxylic acids is 1. The Kier molecular flexibility index (Phi) is 6.03. The number of amides is 1. The molecule has 1 fully saturated rings. The lowest BCUT2D eigenvalue weighted by molar-refractivity contribution is -0.119. The summed E-state index contributed by atoms with van der Waals surface area (Å²) in [5, 5.41) is 3.05. The average molecular weight is 313 g/mol. The van der Waals surface area contributed by atoms with Crippen molar-refractivity contribution in [1.29, 1.82) is 0 Å². The van der Waals surface area contributed by atoms with Crippen LogP contribution in [0.5, 0.6) is 0 Å². The van der Waals surface area contributed by atoms with Crippen LogP contribution in [0.25, 0.3) is 0 Å². The molecule has 2 atom stereocenters. The van der Waals surface area contributed by atoms with E-state index in [-0.39, 0.29) is 17.7 Å². The van der Waals surface area contributed by atoms with E-state index in [4.69, 9.17) is 0 Å². The number of thioether (sulfide) groups is 1. The van der Waals surface area contributed by atoms with Crippen molar-refractivity contribution < 1.29 is 13.6 Å². The van der Waals surface area contributed by atoms with Crippen molar-refractivity contribution in [2.24, 2.45) is 5.92 Å². The summed E-state index contributed by atoms with van der Waals surface area (Å²) >= 11 is 1.31. The first-order chi connectivity index (χ1) is 10.1. The van der Waals surface area contributed by atoms with E-state index in [0.29, 0.717) is 17.2 Å². The van der Waals surface area contributed by atoms with Crippen molar-refractivity contribution in [3.63, 3.8) is 0 Å². The summed E-state index contributed by atoms with van der Waals surface area (Å²) in [5.41, 5.74) is 0.304. The predicted molar refractivity (Wildman–Crippen MR) is 82.1 cm³/mol. The summed E-state index contributed by atoms with van der Waals surface area (Å²) in [6.07, 6.45) is 4.60. The lowest BCUT2D eigenvalue weighted by Gasteiger charge is -2.29. The van der Waals surface area contributed by atoms with Crippen molar-refractivity contribution in [1.82, 2.24) is 5.32 Å². The smallest absolute Gasteiger partial charge is 0.230 e. The van der Waals surface area contributed by atoms with Gasteiger partial charge in [0.2, 0.25) is 5.91 Å². The van der Waals surface area contributed by atoms with E-state index in [9.17, 15) is 13.6 Å². The molecule has 1 aromatic rings. The van der Waals surface area contributed by atoms with E-state index in [1.807, 2.05) is 0 Å². The molecule has 2 nitrogen and oxygen atoms in total. The highest BCUT2D eigenvalue weighted by molar-refractivity contribution is 7.99. The SMILES string of the molecule is C[C@@H]1CCCC[C@@H]1NC(=O)CSCc1cccc(F)c1F. The Bertz CT molecular complexity index is 495. The summed E-state index contributed by atoms with van der Waals surface area (Å²) in [4.78, 5) is 11.9. The van der Waals surface area contributed by atoms with Gasteiger partial charge in [-0.2, -0.15) is 0 Å². The van der Waals surface area contributed by atoms with Gasteiger partial charge in [0.05, 0.1) is 5.75 Å². The molecular formula is C16H21F2NOS. The maximum absolute atomic E-state index is 13.5. The van der Waals surface area contributed by atoms with Gasteiger partial charge in [0.15, 0.2) is 11.6 Å². The highest BCUT2D eigenvalue weighted by atomic mass is 32.2. The molecule has 0 bridgehead atoms. The molecule has 0 aliphatic heterocycles. The molecule has 21 heavy (non-hydrogen) atoms. The Morgan fingerprint density at radius 1 is 1.33 bits per heavy atom. The second kappa shape index (κ2) is 7.78. The van der Waals surface area contributed by atoms with Crippen LogP contribution < -0.4 is 5.32 Å². The summed E-state index contributed by atoms with van der Waals surface area (Å²) < 4.78 is 26.5. The number of rotatable bonds is 5. The lowest BCUT2D eigenvalue weighted by atomic mass is 9.86. The second-order valence-corrected chi connectivity index (χ2v) is 6.63. The van der Waals surface area contributed by atoms with Crippen molar-refractivity contribution in [3.05, 3.63) is 35.4 Å². The van der Waals surface area contributed by atoms with Gasteiger partial charge >= 0.3 is 0 Å². The summed E-state index contributed by atoms with van der Waals surface area (Å²) in [6.45, 7) is 2.17. The lowest BCUT2D eigenvalue weighted by Crippen LogP contribution is -2.41. The van der Waals surface area contributed by atoms with Crippen molar-refractivity contribution in [2.75, 3.05) is 5.75 Å². The fourth-order valence-electron chi connectivity index (χ4n) is 2.69. The molecule has 116 valence electrons. The molecule has 5 heteroatoms. The fraction of sp³-hybridized carbons (Fsp3) is 0.562. The zero-order valence-corrected chi connectivity index (χ0v) is 13.0. The third kappa shape index (κ3) is 4.70. The summed E-state index contributed by atoms with van der Waals surface area (Å²) in [7, 11) is 0. The molecule has 1 amide bonds. The fourth-order valence-corrected chi connectivity index (χ4v) is 3.51. The van der Waals surface area contributed by atoms with Crippen LogP contribution in [0.4, 0.5) is 8.78 Å². The zero-order chi connectivity index (χ0) is 15.2. The highest BCUT2D eigenvalue weighted by Gasteiger charge is 2.22. The third-order valence-corrected chi connectivity index (χ3v) is 4.96. The van der Waals surface area contributed by atoms with Crippen LogP contribution in [0.15, 0.2) is 18.2 Å². The first-order valence-corrected chi connectivity index (χ1v) is 8.53. The number of hydrogen-bond acceptors (Lipinski definition) is 2. The van der Waals surface area contributed by atoms with Gasteiger partial charge in [-0.3, -0.25) is 4.79 Å². The van der Waals surface area contributed by atoms with Gasteiger partial charge in [-0.05, 0) is 24.8 Å². The van der Waals surface area contributed by atoms with Gasteiger partial charge in [-0.25, -0.2) is 8.78 Å². The van der Waals surface area contributed by atoms with Gasteiger partial charge in [0, 0.05) is 17.4 Å². The van der Waals surface area contributed by atoms with Crippen molar-refractivity contribution >= 4 is 17.7 Å². The maximum atomic E-state index is 13.5. The topological polar surface area (TPSA) is 29.1 Å². The molecule has 1 aliphatic rings. The molecule has 0 radical (unpaired) electrons. The molecule has 1 aromatic carbocycles. The Morgan fingerprint density at radius 2 is 2.10 bits per heavy atom. The molecule has 1 aliphatic carbocycles. The molecular weight excluding hydrogens is 292 g/mol. The van der Waals surface area contributed by atoms with Crippen LogP contribution >= 0.6 is 11.8 Å². The van der Waals surface area contributed by atoms with E-state index < -0.39 is 11.6 Å². The number of hydrogen-bond donors (Lipinski definition) is 1. The number of benzene rings is 1. The normalized spacial score (nSPS) is 22.0. The Morgan fingerprint density at radius 3 is 2.86 bits per heavy atom. The van der Waals surface area contributed by atoms with Gasteiger partial charge in [0.25, 0.3) is 0 Å². The van der Waals surface area contributed by atoms with Gasteiger partial charge in [-0.15, -0.1) is 11.8 Å². The van der Waals surface area contributed by atoms with Crippen LogP contribution in [0.1, 0.15) is 38.2 Å². The molecule has 0 unspecified atom stereocenters. The standard InChI is InChI=1S/C16H21F2NOS/c1-11-5-2-3-8-14(11)19-15(20)10-21-9-12-6-4-7-13(17)16(12)18/h4,6-7,11,14H,2-3,5,8-10H2,1H3,(H,19,20)/t11-,14+/m1/s1. The average Bonchev–Trinajstić information content (AvgIpc) is 2.46. The summed E-state index contributed by atoms with van der Waals surface area (Å²) in [6, 6.07) is 4.39. The van der Waals surface area contributed by atoms with Crippen LogP contribution in [0.2, 0.25) is 0 Å². The van der Waals surface area contributed by atoms with Crippen LogP contribution in [0.3, 0.4) is 0 Å². The third-order valence-electron chi connectivity index (χ3n) is 3.98. The van der Waals surface area contributed by atoms with E-state index >= 15 is 0 Å². The Balaban J connectivity index is 1.75. The first kappa shape index (κ1) is 16.3. The number of nitrogens with one attached hydrogen (secondary N) is 1. The molecule has 1 saturated carbocycles. The van der Waals surface area contributed by atoms with E-state index in [1.165, 1.54) is 24.2 Å². The second-order valence-electron chi connectivity index (χ2n) is 5.64. The minimum Gasteiger partial charge on any atom is -0.352 e. The van der Waals surface area contributed by atoms with Gasteiger partial charge < -0.3 is 5.32 Å². The van der Waals surface area contributed by atoms with Crippen molar-refractivity contribution in [2.45, 2.75) is 44.4 Å². The number of halogens is 2. The number of carbonyl (C=O) groups is 1. The largest absolute Gasteiger partial charge is 0.352 e. The van der Waals surface area contributed by atoms with E-state index in [2.05, 4.69) is 12.2 Å². The predicted octanol–water partition coefficient (Wildman–Crippen LogP) is 3.89. The van der Waals surface area contributed by atoms with Crippen LogP contribution in [-0.2, 0) is 10.5 Å². The molecule has 2 rings (SSSR count). The molecule has 0 heterocycles. The zero-order valence-electron chi connectivity index (χ0n) is 12.2. The first-order valence-electron chi connectivity index (χ1n) is 7.38. The summed E-state index contributed by atoms with van der Waals surface area (Å²) in [5.74, 6) is -0.569. The van der Waals surface area contributed by atoms with Gasteiger partial charge in [-0.1, -0.05) is 31.9 Å². The van der Waals surface area contributed by atoms with Gasteiger partial charge in [0.1, 0.15) is 0 Å². The molecule has 0 aromatic heterocycles. The Labute approximate surface area is 128 Å².